The van der Waals surface area contributed by atoms with Crippen LogP contribution in [0.3, 0.4) is 0 Å². The highest BCUT2D eigenvalue weighted by molar-refractivity contribution is 7.15. The van der Waals surface area contributed by atoms with Crippen LogP contribution in [-0.4, -0.2) is 5.16 Å². The monoisotopic (exact) mass is 274 g/mol. The fourth-order valence-electron chi connectivity index (χ4n) is 1.92. The molecule has 3 rings (SSSR count). The van der Waals surface area contributed by atoms with Gasteiger partial charge < -0.3 is 10.3 Å². The van der Waals surface area contributed by atoms with E-state index in [0.29, 0.717) is 17.1 Å². The molecule has 3 nitrogen and oxygen atoms in total. The molecule has 0 aliphatic heterocycles. The second kappa shape index (κ2) is 4.51. The molecule has 0 aliphatic rings. The number of hydrogen-bond donors (Lipinski definition) is 1. The molecule has 0 saturated heterocycles. The first-order chi connectivity index (χ1) is 9.15. The molecule has 0 atom stereocenters. The first-order valence-corrected chi connectivity index (χ1v) is 6.54. The van der Waals surface area contributed by atoms with E-state index in [1.807, 2.05) is 19.1 Å². The highest BCUT2D eigenvalue weighted by atomic mass is 32.1. The van der Waals surface area contributed by atoms with Crippen LogP contribution in [0.25, 0.3) is 21.8 Å². The van der Waals surface area contributed by atoms with E-state index in [0.717, 1.165) is 10.4 Å². The van der Waals surface area contributed by atoms with E-state index in [2.05, 4.69) is 5.16 Å². The van der Waals surface area contributed by atoms with E-state index in [1.54, 1.807) is 23.5 Å². The largest absolute Gasteiger partial charge is 0.380 e. The lowest BCUT2D eigenvalue weighted by atomic mass is 10.1. The van der Waals surface area contributed by atoms with Crippen molar-refractivity contribution in [3.63, 3.8) is 0 Å². The summed E-state index contributed by atoms with van der Waals surface area (Å²) < 4.78 is 18.3. The molecule has 0 radical (unpaired) electrons. The summed E-state index contributed by atoms with van der Waals surface area (Å²) in [6.07, 6.45) is 0. The minimum Gasteiger partial charge on any atom is -0.380 e. The van der Waals surface area contributed by atoms with E-state index in [1.165, 1.54) is 17.0 Å². The number of thiophene rings is 1. The van der Waals surface area contributed by atoms with Crippen molar-refractivity contribution in [3.05, 3.63) is 47.1 Å². The molecule has 0 saturated carbocycles. The van der Waals surface area contributed by atoms with Gasteiger partial charge in [-0.1, -0.05) is 17.3 Å². The molecule has 0 amide bonds. The molecule has 0 bridgehead atoms. The van der Waals surface area contributed by atoms with Crippen molar-refractivity contribution in [2.24, 2.45) is 0 Å². The molecular weight excluding hydrogens is 263 g/mol. The number of nitrogen functional groups attached to an aromatic ring is 1. The Morgan fingerprint density at radius 1 is 1.16 bits per heavy atom. The topological polar surface area (TPSA) is 52.0 Å². The maximum absolute atomic E-state index is 13.0. The lowest BCUT2D eigenvalue weighted by Gasteiger charge is -2.01. The Bertz CT molecular complexity index is 715. The smallest absolute Gasteiger partial charge is 0.186 e. The van der Waals surface area contributed by atoms with Crippen LogP contribution < -0.4 is 5.73 Å². The van der Waals surface area contributed by atoms with Gasteiger partial charge in [-0.2, -0.15) is 0 Å². The predicted molar refractivity (Wildman–Crippen MR) is 74.4 cm³/mol. The molecule has 5 heteroatoms. The van der Waals surface area contributed by atoms with Crippen molar-refractivity contribution in [3.8, 4) is 21.8 Å². The van der Waals surface area contributed by atoms with Gasteiger partial charge in [0.05, 0.1) is 10.4 Å². The Morgan fingerprint density at radius 3 is 2.53 bits per heavy atom. The lowest BCUT2D eigenvalue weighted by molar-refractivity contribution is 0.437. The second-order valence-corrected chi connectivity index (χ2v) is 5.48. The van der Waals surface area contributed by atoms with Crippen molar-refractivity contribution in [1.29, 1.82) is 0 Å². The number of anilines is 1. The number of hydrogen-bond acceptors (Lipinski definition) is 4. The Labute approximate surface area is 113 Å². The van der Waals surface area contributed by atoms with Crippen molar-refractivity contribution in [1.82, 2.24) is 5.16 Å². The number of nitrogens with two attached hydrogens (primary N) is 1. The molecule has 2 N–H and O–H groups in total. The molecule has 0 aliphatic carbocycles. The zero-order valence-electron chi connectivity index (χ0n) is 10.2. The summed E-state index contributed by atoms with van der Waals surface area (Å²) in [6, 6.07) is 10.1. The molecule has 2 heterocycles. The second-order valence-electron chi connectivity index (χ2n) is 4.19. The minimum absolute atomic E-state index is 0.285. The highest BCUT2D eigenvalue weighted by Crippen LogP contribution is 2.39. The van der Waals surface area contributed by atoms with Gasteiger partial charge in [-0.3, -0.25) is 0 Å². The molecule has 0 unspecified atom stereocenters. The Balaban J connectivity index is 2.16. The van der Waals surface area contributed by atoms with Crippen molar-refractivity contribution >= 4 is 17.2 Å². The van der Waals surface area contributed by atoms with Crippen LogP contribution in [0.5, 0.6) is 0 Å². The van der Waals surface area contributed by atoms with Gasteiger partial charge in [-0.15, -0.1) is 11.3 Å². The van der Waals surface area contributed by atoms with E-state index >= 15 is 0 Å². The van der Waals surface area contributed by atoms with Crippen molar-refractivity contribution in [2.45, 2.75) is 6.92 Å². The molecule has 96 valence electrons. The van der Waals surface area contributed by atoms with Crippen molar-refractivity contribution < 1.29 is 8.91 Å². The Morgan fingerprint density at radius 2 is 1.89 bits per heavy atom. The normalized spacial score (nSPS) is 10.8. The van der Waals surface area contributed by atoms with Crippen LogP contribution in [0.15, 0.2) is 40.9 Å². The number of benzene rings is 1. The van der Waals surface area contributed by atoms with E-state index in [4.69, 9.17) is 10.3 Å². The van der Waals surface area contributed by atoms with Crippen LogP contribution in [0.4, 0.5) is 10.2 Å². The van der Waals surface area contributed by atoms with E-state index in [-0.39, 0.29) is 5.82 Å². The maximum Gasteiger partial charge on any atom is 0.186 e. The first-order valence-electron chi connectivity index (χ1n) is 5.73. The lowest BCUT2D eigenvalue weighted by Crippen LogP contribution is -1.88. The molecule has 0 spiro atoms. The highest BCUT2D eigenvalue weighted by Gasteiger charge is 2.18. The average molecular weight is 274 g/mol. The summed E-state index contributed by atoms with van der Waals surface area (Å²) in [4.78, 5) is 2.14. The summed E-state index contributed by atoms with van der Waals surface area (Å²) in [6.45, 7) is 2.02. The average Bonchev–Trinajstić information content (AvgIpc) is 2.97. The number of aryl methyl sites for hydroxylation is 1. The molecule has 1 aromatic carbocycles. The number of rotatable bonds is 2. The van der Waals surface area contributed by atoms with Gasteiger partial charge in [0.25, 0.3) is 0 Å². The van der Waals surface area contributed by atoms with Gasteiger partial charge >= 0.3 is 0 Å². The van der Waals surface area contributed by atoms with E-state index in [9.17, 15) is 4.39 Å². The fourth-order valence-corrected chi connectivity index (χ4v) is 2.77. The SMILES string of the molecule is Cc1ccc(-c2onc(N)c2-c2ccc(F)cc2)s1. The quantitative estimate of drug-likeness (QED) is 0.765. The van der Waals surface area contributed by atoms with Gasteiger partial charge in [-0.25, -0.2) is 4.39 Å². The third kappa shape index (κ3) is 2.13. The zero-order valence-corrected chi connectivity index (χ0v) is 11.0. The first kappa shape index (κ1) is 11.9. The standard InChI is InChI=1S/C14H11FN2OS/c1-8-2-7-11(19-8)13-12(14(16)17-18-13)9-3-5-10(15)6-4-9/h2-7H,1H3,(H2,16,17). The number of aromatic nitrogens is 1. The minimum atomic E-state index is -0.285. The number of halogens is 1. The van der Waals surface area contributed by atoms with Crippen LogP contribution in [0.2, 0.25) is 0 Å². The van der Waals surface area contributed by atoms with Gasteiger partial charge in [0.15, 0.2) is 11.6 Å². The van der Waals surface area contributed by atoms with Gasteiger partial charge in [0, 0.05) is 4.88 Å². The van der Waals surface area contributed by atoms with Crippen LogP contribution in [-0.2, 0) is 0 Å². The van der Waals surface area contributed by atoms with Gasteiger partial charge in [0.1, 0.15) is 5.82 Å². The molecule has 3 aromatic rings. The van der Waals surface area contributed by atoms with Gasteiger partial charge in [0.2, 0.25) is 0 Å². The zero-order chi connectivity index (χ0) is 13.4. The van der Waals surface area contributed by atoms with Crippen LogP contribution in [0.1, 0.15) is 4.88 Å². The molecule has 0 fully saturated rings. The van der Waals surface area contributed by atoms with Crippen molar-refractivity contribution in [2.75, 3.05) is 5.73 Å². The summed E-state index contributed by atoms with van der Waals surface area (Å²) >= 11 is 1.60. The maximum atomic E-state index is 13.0. The molecule has 19 heavy (non-hydrogen) atoms. The Hall–Kier alpha value is -2.14. The fraction of sp³-hybridized carbons (Fsp3) is 0.0714. The summed E-state index contributed by atoms with van der Waals surface area (Å²) in [5, 5.41) is 3.82. The predicted octanol–water partition coefficient (Wildman–Crippen LogP) is 4.10. The third-order valence-corrected chi connectivity index (χ3v) is 3.81. The van der Waals surface area contributed by atoms with Gasteiger partial charge in [-0.05, 0) is 36.8 Å². The summed E-state index contributed by atoms with van der Waals surface area (Å²) in [5.74, 6) is 0.655. The summed E-state index contributed by atoms with van der Waals surface area (Å²) in [5.41, 5.74) is 7.36. The van der Waals surface area contributed by atoms with Crippen LogP contribution >= 0.6 is 11.3 Å². The van der Waals surface area contributed by atoms with Crippen LogP contribution in [0, 0.1) is 12.7 Å². The third-order valence-electron chi connectivity index (χ3n) is 2.82. The Kier molecular flexibility index (Phi) is 2.83. The van der Waals surface area contributed by atoms with E-state index < -0.39 is 0 Å². The molecule has 2 aromatic heterocycles. The molecular formula is C14H11FN2OS. The summed E-state index contributed by atoms with van der Waals surface area (Å²) in [7, 11) is 0. The number of nitrogens with zero attached hydrogens (tertiary/aromatic N) is 1.